The van der Waals surface area contributed by atoms with Crippen molar-refractivity contribution in [2.75, 3.05) is 18.4 Å². The number of halogens is 1. The maximum Gasteiger partial charge on any atom is 0.316 e. The summed E-state index contributed by atoms with van der Waals surface area (Å²) < 4.78 is 5.77. The summed E-state index contributed by atoms with van der Waals surface area (Å²) in [4.78, 5) is 33.6. The van der Waals surface area contributed by atoms with Crippen LogP contribution >= 0.6 is 11.6 Å². The largest absolute Gasteiger partial charge is 0.458 e. The van der Waals surface area contributed by atoms with Gasteiger partial charge in [-0.3, -0.25) is 9.59 Å². The maximum absolute atomic E-state index is 12.7. The number of anilines is 1. The Morgan fingerprint density at radius 1 is 1.23 bits per heavy atom. The number of likely N-dealkylation sites (tertiary alicyclic amines) is 1. The first kappa shape index (κ1) is 18.1. The van der Waals surface area contributed by atoms with Crippen molar-refractivity contribution >= 4 is 29.1 Å². The van der Waals surface area contributed by atoms with Crippen LogP contribution in [0.25, 0.3) is 0 Å². The summed E-state index contributed by atoms with van der Waals surface area (Å²) in [5.41, 5.74) is 1.23. The zero-order valence-electron chi connectivity index (χ0n) is 14.3. The molecule has 1 fully saturated rings. The number of hydrogen-bond donors (Lipinski definition) is 1. The van der Waals surface area contributed by atoms with Gasteiger partial charge in [0.05, 0.1) is 24.0 Å². The van der Waals surface area contributed by atoms with E-state index in [-0.39, 0.29) is 23.9 Å². The quantitative estimate of drug-likeness (QED) is 0.889. The zero-order valence-corrected chi connectivity index (χ0v) is 15.1. The average Bonchev–Trinajstić information content (AvgIpc) is 2.63. The second-order valence-electron chi connectivity index (χ2n) is 6.08. The Hall–Kier alpha value is -2.67. The lowest BCUT2D eigenvalue weighted by atomic mass is 10.1. The third kappa shape index (κ3) is 4.70. The molecule has 26 heavy (non-hydrogen) atoms. The minimum atomic E-state index is -0.160. The molecule has 8 heteroatoms. The van der Waals surface area contributed by atoms with E-state index in [9.17, 15) is 9.59 Å². The van der Waals surface area contributed by atoms with E-state index >= 15 is 0 Å². The lowest BCUT2D eigenvalue weighted by Gasteiger charge is -2.32. The molecule has 1 saturated heterocycles. The Morgan fingerprint density at radius 3 is 2.58 bits per heavy atom. The van der Waals surface area contributed by atoms with Gasteiger partial charge < -0.3 is 15.0 Å². The number of carbonyl (C=O) groups excluding carboxylic acids is 2. The van der Waals surface area contributed by atoms with Gasteiger partial charge in [-0.25, -0.2) is 9.97 Å². The lowest BCUT2D eigenvalue weighted by Crippen LogP contribution is -2.44. The first-order chi connectivity index (χ1) is 12.5. The van der Waals surface area contributed by atoms with Crippen LogP contribution in [0.1, 0.15) is 30.1 Å². The van der Waals surface area contributed by atoms with Gasteiger partial charge in [-0.15, -0.1) is 0 Å². The molecule has 3 rings (SSSR count). The van der Waals surface area contributed by atoms with Gasteiger partial charge in [0.15, 0.2) is 0 Å². The third-order valence-electron chi connectivity index (χ3n) is 3.99. The van der Waals surface area contributed by atoms with Crippen LogP contribution in [-0.4, -0.2) is 45.9 Å². The summed E-state index contributed by atoms with van der Waals surface area (Å²) in [5, 5.41) is 3.13. The molecule has 1 unspecified atom stereocenters. The van der Waals surface area contributed by atoms with Crippen molar-refractivity contribution < 1.29 is 14.3 Å². The number of carbonyl (C=O) groups is 2. The molecule has 2 heterocycles. The Bertz CT molecular complexity index is 780. The molecule has 1 aromatic heterocycles. The number of benzene rings is 1. The molecule has 0 bridgehead atoms. The summed E-state index contributed by atoms with van der Waals surface area (Å²) in [6.45, 7) is 2.59. The van der Waals surface area contributed by atoms with Crippen molar-refractivity contribution in [1.82, 2.24) is 14.9 Å². The van der Waals surface area contributed by atoms with Crippen LogP contribution in [0.4, 0.5) is 5.69 Å². The fourth-order valence-electron chi connectivity index (χ4n) is 2.81. The van der Waals surface area contributed by atoms with E-state index in [1.807, 2.05) is 0 Å². The SMILES string of the molecule is CC(=O)Nc1ccc(C(=O)N2CCCC(Oc3ncc(Cl)cn3)C2)cc1. The van der Waals surface area contributed by atoms with E-state index in [2.05, 4.69) is 15.3 Å². The normalized spacial score (nSPS) is 16.8. The van der Waals surface area contributed by atoms with Gasteiger partial charge in [-0.1, -0.05) is 11.6 Å². The fourth-order valence-corrected chi connectivity index (χ4v) is 2.91. The van der Waals surface area contributed by atoms with Crippen LogP contribution in [0.3, 0.4) is 0 Å². The van der Waals surface area contributed by atoms with Gasteiger partial charge in [-0.05, 0) is 37.1 Å². The Labute approximate surface area is 156 Å². The highest BCUT2D eigenvalue weighted by Crippen LogP contribution is 2.19. The van der Waals surface area contributed by atoms with Gasteiger partial charge in [0.2, 0.25) is 5.91 Å². The number of ether oxygens (including phenoxy) is 1. The highest BCUT2D eigenvalue weighted by Gasteiger charge is 2.26. The van der Waals surface area contributed by atoms with Gasteiger partial charge in [-0.2, -0.15) is 0 Å². The molecule has 0 saturated carbocycles. The first-order valence-electron chi connectivity index (χ1n) is 8.32. The van der Waals surface area contributed by atoms with E-state index in [0.29, 0.717) is 29.4 Å². The second kappa shape index (κ2) is 8.14. The minimum absolute atomic E-state index is 0.0651. The Balaban J connectivity index is 1.62. The molecular weight excluding hydrogens is 356 g/mol. The molecule has 1 N–H and O–H groups in total. The molecule has 136 valence electrons. The zero-order chi connectivity index (χ0) is 18.5. The molecule has 1 atom stereocenters. The topological polar surface area (TPSA) is 84.4 Å². The fraction of sp³-hybridized carbons (Fsp3) is 0.333. The summed E-state index contributed by atoms with van der Waals surface area (Å²) in [6.07, 6.45) is 4.47. The minimum Gasteiger partial charge on any atom is -0.458 e. The van der Waals surface area contributed by atoms with Crippen molar-refractivity contribution in [1.29, 1.82) is 0 Å². The van der Waals surface area contributed by atoms with Crippen molar-refractivity contribution in [3.63, 3.8) is 0 Å². The number of rotatable bonds is 4. The van der Waals surface area contributed by atoms with Crippen LogP contribution in [0, 0.1) is 0 Å². The molecule has 7 nitrogen and oxygen atoms in total. The molecule has 1 aliphatic rings. The van der Waals surface area contributed by atoms with Crippen LogP contribution in [0.2, 0.25) is 5.02 Å². The Kier molecular flexibility index (Phi) is 5.68. The number of nitrogens with zero attached hydrogens (tertiary/aromatic N) is 3. The maximum atomic E-state index is 12.7. The van der Waals surface area contributed by atoms with Crippen LogP contribution in [0.15, 0.2) is 36.7 Å². The van der Waals surface area contributed by atoms with E-state index in [1.54, 1.807) is 29.2 Å². The first-order valence-corrected chi connectivity index (χ1v) is 8.70. The standard InChI is InChI=1S/C18H19ClN4O3/c1-12(24)22-15-6-4-13(5-7-15)17(25)23-8-2-3-16(11-23)26-18-20-9-14(19)10-21-18/h4-7,9-10,16H,2-3,8,11H2,1H3,(H,22,24). The van der Waals surface area contributed by atoms with E-state index < -0.39 is 0 Å². The van der Waals surface area contributed by atoms with Crippen LogP contribution in [0.5, 0.6) is 6.01 Å². The van der Waals surface area contributed by atoms with E-state index in [1.165, 1.54) is 19.3 Å². The predicted octanol–water partition coefficient (Wildman–Crippen LogP) is 2.77. The number of hydrogen-bond acceptors (Lipinski definition) is 5. The van der Waals surface area contributed by atoms with Gasteiger partial charge >= 0.3 is 6.01 Å². The molecule has 0 radical (unpaired) electrons. The summed E-state index contributed by atoms with van der Waals surface area (Å²) >= 11 is 5.77. The number of piperidine rings is 1. The predicted molar refractivity (Wildman–Crippen MR) is 97.3 cm³/mol. The summed E-state index contributed by atoms with van der Waals surface area (Å²) in [7, 11) is 0. The number of aromatic nitrogens is 2. The lowest BCUT2D eigenvalue weighted by molar-refractivity contribution is -0.114. The van der Waals surface area contributed by atoms with Crippen molar-refractivity contribution in [3.8, 4) is 6.01 Å². The van der Waals surface area contributed by atoms with Crippen LogP contribution in [-0.2, 0) is 4.79 Å². The molecular formula is C18H19ClN4O3. The van der Waals surface area contributed by atoms with Gasteiger partial charge in [0, 0.05) is 24.7 Å². The van der Waals surface area contributed by atoms with Crippen molar-refractivity contribution in [2.24, 2.45) is 0 Å². The number of nitrogens with one attached hydrogen (secondary N) is 1. The molecule has 0 spiro atoms. The molecule has 2 aromatic rings. The van der Waals surface area contributed by atoms with Crippen LogP contribution < -0.4 is 10.1 Å². The van der Waals surface area contributed by atoms with E-state index in [0.717, 1.165) is 12.8 Å². The molecule has 1 aliphatic heterocycles. The van der Waals surface area contributed by atoms with Gasteiger partial charge in [0.1, 0.15) is 6.10 Å². The molecule has 1 aromatic carbocycles. The highest BCUT2D eigenvalue weighted by molar-refractivity contribution is 6.30. The third-order valence-corrected chi connectivity index (χ3v) is 4.18. The summed E-state index contributed by atoms with van der Waals surface area (Å²) in [5.74, 6) is -0.214. The smallest absolute Gasteiger partial charge is 0.316 e. The highest BCUT2D eigenvalue weighted by atomic mass is 35.5. The number of amides is 2. The van der Waals surface area contributed by atoms with Gasteiger partial charge in [0.25, 0.3) is 5.91 Å². The monoisotopic (exact) mass is 374 g/mol. The van der Waals surface area contributed by atoms with Crippen molar-refractivity contribution in [3.05, 3.63) is 47.2 Å². The molecule has 0 aliphatic carbocycles. The Morgan fingerprint density at radius 2 is 1.92 bits per heavy atom. The molecule has 2 amide bonds. The average molecular weight is 375 g/mol. The van der Waals surface area contributed by atoms with E-state index in [4.69, 9.17) is 16.3 Å². The second-order valence-corrected chi connectivity index (χ2v) is 6.51. The van der Waals surface area contributed by atoms with Crippen molar-refractivity contribution in [2.45, 2.75) is 25.9 Å². The summed E-state index contributed by atoms with van der Waals surface area (Å²) in [6, 6.07) is 7.11.